The van der Waals surface area contributed by atoms with Crippen molar-refractivity contribution in [3.8, 4) is 0 Å². The summed E-state index contributed by atoms with van der Waals surface area (Å²) in [7, 11) is 0. The van der Waals surface area contributed by atoms with Gasteiger partial charge in [-0.05, 0) is 42.1 Å². The van der Waals surface area contributed by atoms with Gasteiger partial charge in [-0.15, -0.1) is 0 Å². The molecule has 0 radical (unpaired) electrons. The van der Waals surface area contributed by atoms with Gasteiger partial charge in [0.25, 0.3) is 0 Å². The minimum Gasteiger partial charge on any atom is -0.309 e. The van der Waals surface area contributed by atoms with Crippen LogP contribution in [-0.4, -0.2) is 6.54 Å². The van der Waals surface area contributed by atoms with E-state index in [4.69, 9.17) is 0 Å². The smallest absolute Gasteiger partial charge is 0.123 e. The fraction of sp³-hybridized carbons (Fsp3) is 0.333. The first kappa shape index (κ1) is 14.7. The Morgan fingerprint density at radius 3 is 2.20 bits per heavy atom. The lowest BCUT2D eigenvalue weighted by Crippen LogP contribution is -2.27. The van der Waals surface area contributed by atoms with Gasteiger partial charge in [0.1, 0.15) is 5.82 Å². The molecule has 2 heteroatoms. The number of halogens is 1. The van der Waals surface area contributed by atoms with Crippen molar-refractivity contribution in [2.24, 2.45) is 5.92 Å². The molecule has 1 unspecified atom stereocenters. The summed E-state index contributed by atoms with van der Waals surface area (Å²) >= 11 is 0. The standard InChI is InChI=1S/C18H22FN/c1-14(2)18(16-6-4-3-5-7-16)20-13-12-15-8-10-17(19)11-9-15/h3-11,14,18,20H,12-13H2,1-2H3. The van der Waals surface area contributed by atoms with Gasteiger partial charge in [0.2, 0.25) is 0 Å². The average molecular weight is 271 g/mol. The molecule has 0 heterocycles. The lowest BCUT2D eigenvalue weighted by molar-refractivity contribution is 0.414. The third kappa shape index (κ3) is 4.17. The van der Waals surface area contributed by atoms with Crippen LogP contribution >= 0.6 is 0 Å². The Bertz CT molecular complexity index is 505. The van der Waals surface area contributed by atoms with Crippen LogP contribution in [0.15, 0.2) is 54.6 Å². The van der Waals surface area contributed by atoms with Gasteiger partial charge in [-0.1, -0.05) is 56.3 Å². The van der Waals surface area contributed by atoms with Gasteiger partial charge in [-0.2, -0.15) is 0 Å². The molecule has 0 aromatic heterocycles. The molecular formula is C18H22FN. The molecule has 0 bridgehead atoms. The second kappa shape index (κ2) is 7.20. The minimum absolute atomic E-state index is 0.175. The summed E-state index contributed by atoms with van der Waals surface area (Å²) < 4.78 is 12.8. The Balaban J connectivity index is 1.91. The van der Waals surface area contributed by atoms with Crippen LogP contribution in [-0.2, 0) is 6.42 Å². The molecule has 0 aliphatic carbocycles. The Kier molecular flexibility index (Phi) is 5.31. The molecule has 0 aliphatic heterocycles. The fourth-order valence-electron chi connectivity index (χ4n) is 2.42. The Hall–Kier alpha value is -1.67. The van der Waals surface area contributed by atoms with E-state index in [1.807, 2.05) is 18.2 Å². The van der Waals surface area contributed by atoms with Crippen molar-refractivity contribution in [3.63, 3.8) is 0 Å². The maximum absolute atomic E-state index is 12.8. The van der Waals surface area contributed by atoms with Crippen molar-refractivity contribution in [1.82, 2.24) is 5.32 Å². The summed E-state index contributed by atoms with van der Waals surface area (Å²) in [6.07, 6.45) is 0.913. The van der Waals surface area contributed by atoms with E-state index in [1.54, 1.807) is 0 Å². The van der Waals surface area contributed by atoms with E-state index in [0.29, 0.717) is 12.0 Å². The SMILES string of the molecule is CC(C)C(NCCc1ccc(F)cc1)c1ccccc1. The van der Waals surface area contributed by atoms with E-state index in [9.17, 15) is 4.39 Å². The highest BCUT2D eigenvalue weighted by atomic mass is 19.1. The number of rotatable bonds is 6. The first-order valence-electron chi connectivity index (χ1n) is 7.19. The monoisotopic (exact) mass is 271 g/mol. The van der Waals surface area contributed by atoms with Gasteiger partial charge in [0.15, 0.2) is 0 Å². The minimum atomic E-state index is -0.175. The van der Waals surface area contributed by atoms with Crippen molar-refractivity contribution in [1.29, 1.82) is 0 Å². The molecule has 0 aliphatic rings. The van der Waals surface area contributed by atoms with Crippen LogP contribution in [0.5, 0.6) is 0 Å². The van der Waals surface area contributed by atoms with E-state index in [0.717, 1.165) is 18.5 Å². The summed E-state index contributed by atoms with van der Waals surface area (Å²) in [5, 5.41) is 3.60. The maximum atomic E-state index is 12.8. The third-order valence-corrected chi connectivity index (χ3v) is 3.52. The molecule has 2 aromatic carbocycles. The fourth-order valence-corrected chi connectivity index (χ4v) is 2.42. The van der Waals surface area contributed by atoms with Crippen LogP contribution in [0.2, 0.25) is 0 Å². The molecule has 0 fully saturated rings. The lowest BCUT2D eigenvalue weighted by atomic mass is 9.96. The zero-order valence-corrected chi connectivity index (χ0v) is 12.1. The Labute approximate surface area is 120 Å². The Morgan fingerprint density at radius 1 is 0.950 bits per heavy atom. The zero-order valence-electron chi connectivity index (χ0n) is 12.1. The molecule has 1 atom stereocenters. The highest BCUT2D eigenvalue weighted by Crippen LogP contribution is 2.21. The summed E-state index contributed by atoms with van der Waals surface area (Å²) in [5.74, 6) is 0.358. The van der Waals surface area contributed by atoms with Crippen molar-refractivity contribution in [3.05, 3.63) is 71.5 Å². The molecular weight excluding hydrogens is 249 g/mol. The molecule has 20 heavy (non-hydrogen) atoms. The highest BCUT2D eigenvalue weighted by Gasteiger charge is 2.14. The van der Waals surface area contributed by atoms with E-state index in [2.05, 4.69) is 43.4 Å². The normalized spacial score (nSPS) is 12.6. The van der Waals surface area contributed by atoms with E-state index in [-0.39, 0.29) is 5.82 Å². The number of hydrogen-bond donors (Lipinski definition) is 1. The van der Waals surface area contributed by atoms with Gasteiger partial charge in [-0.3, -0.25) is 0 Å². The van der Waals surface area contributed by atoms with Crippen LogP contribution in [0.3, 0.4) is 0 Å². The van der Waals surface area contributed by atoms with Gasteiger partial charge in [0, 0.05) is 6.04 Å². The number of hydrogen-bond acceptors (Lipinski definition) is 1. The molecule has 0 saturated heterocycles. The molecule has 106 valence electrons. The summed E-state index contributed by atoms with van der Waals surface area (Å²) in [5.41, 5.74) is 2.48. The predicted octanol–water partition coefficient (Wildman–Crippen LogP) is 4.36. The molecule has 0 saturated carbocycles. The molecule has 1 N–H and O–H groups in total. The molecule has 0 amide bonds. The van der Waals surface area contributed by atoms with Gasteiger partial charge < -0.3 is 5.32 Å². The van der Waals surface area contributed by atoms with E-state index in [1.165, 1.54) is 17.7 Å². The van der Waals surface area contributed by atoms with Crippen molar-refractivity contribution >= 4 is 0 Å². The molecule has 0 spiro atoms. The topological polar surface area (TPSA) is 12.0 Å². The third-order valence-electron chi connectivity index (χ3n) is 3.52. The number of nitrogens with one attached hydrogen (secondary N) is 1. The van der Waals surface area contributed by atoms with Crippen LogP contribution in [0, 0.1) is 11.7 Å². The Morgan fingerprint density at radius 2 is 1.60 bits per heavy atom. The van der Waals surface area contributed by atoms with E-state index < -0.39 is 0 Å². The van der Waals surface area contributed by atoms with Crippen LogP contribution in [0.4, 0.5) is 4.39 Å². The molecule has 2 aromatic rings. The molecule has 2 rings (SSSR count). The van der Waals surface area contributed by atoms with E-state index >= 15 is 0 Å². The van der Waals surface area contributed by atoms with Crippen LogP contribution in [0.25, 0.3) is 0 Å². The lowest BCUT2D eigenvalue weighted by Gasteiger charge is -2.23. The second-order valence-electron chi connectivity index (χ2n) is 5.46. The van der Waals surface area contributed by atoms with Gasteiger partial charge in [0.05, 0.1) is 0 Å². The van der Waals surface area contributed by atoms with Crippen LogP contribution in [0.1, 0.15) is 31.0 Å². The quantitative estimate of drug-likeness (QED) is 0.823. The van der Waals surface area contributed by atoms with Crippen molar-refractivity contribution < 1.29 is 4.39 Å². The van der Waals surface area contributed by atoms with Crippen LogP contribution < -0.4 is 5.32 Å². The first-order valence-corrected chi connectivity index (χ1v) is 7.19. The maximum Gasteiger partial charge on any atom is 0.123 e. The summed E-state index contributed by atoms with van der Waals surface area (Å²) in [4.78, 5) is 0. The zero-order chi connectivity index (χ0) is 14.4. The summed E-state index contributed by atoms with van der Waals surface area (Å²) in [6, 6.07) is 17.6. The number of benzene rings is 2. The highest BCUT2D eigenvalue weighted by molar-refractivity contribution is 5.20. The second-order valence-corrected chi connectivity index (χ2v) is 5.46. The van der Waals surface area contributed by atoms with Gasteiger partial charge in [-0.25, -0.2) is 4.39 Å². The predicted molar refractivity (Wildman–Crippen MR) is 82.1 cm³/mol. The molecule has 1 nitrogen and oxygen atoms in total. The largest absolute Gasteiger partial charge is 0.309 e. The van der Waals surface area contributed by atoms with Crippen molar-refractivity contribution in [2.75, 3.05) is 6.54 Å². The first-order chi connectivity index (χ1) is 9.66. The van der Waals surface area contributed by atoms with Gasteiger partial charge >= 0.3 is 0 Å². The summed E-state index contributed by atoms with van der Waals surface area (Å²) in [6.45, 7) is 5.34. The van der Waals surface area contributed by atoms with Crippen molar-refractivity contribution in [2.45, 2.75) is 26.3 Å². The average Bonchev–Trinajstić information content (AvgIpc) is 2.46.